The molecule has 172 valence electrons. The number of halogens is 1. The number of amides is 1. The Balaban J connectivity index is 2.26. The van der Waals surface area contributed by atoms with Crippen LogP contribution in [0.1, 0.15) is 20.8 Å². The zero-order valence-corrected chi connectivity index (χ0v) is 19.4. The molecule has 1 amide bonds. The maximum atomic E-state index is 12.7. The van der Waals surface area contributed by atoms with Crippen molar-refractivity contribution in [3.8, 4) is 23.0 Å². The van der Waals surface area contributed by atoms with Crippen molar-refractivity contribution in [2.45, 2.75) is 26.8 Å². The van der Waals surface area contributed by atoms with Gasteiger partial charge in [-0.05, 0) is 45.0 Å². The maximum absolute atomic E-state index is 12.7. The number of azo groups is 1. The van der Waals surface area contributed by atoms with E-state index in [2.05, 4.69) is 15.5 Å². The number of rotatable bonds is 11. The van der Waals surface area contributed by atoms with Crippen molar-refractivity contribution in [1.82, 2.24) is 0 Å². The fourth-order valence-electron chi connectivity index (χ4n) is 2.73. The number of hydrogen-bond acceptors (Lipinski definition) is 8. The number of hydrogen-bond donors (Lipinski definition) is 1. The van der Waals surface area contributed by atoms with E-state index >= 15 is 0 Å². The molecule has 1 N–H and O–H groups in total. The first-order valence-electron chi connectivity index (χ1n) is 9.88. The topological polar surface area (TPSA) is 108 Å². The molecule has 32 heavy (non-hydrogen) atoms. The van der Waals surface area contributed by atoms with E-state index in [1.165, 1.54) is 27.2 Å². The molecule has 0 fully saturated rings. The van der Waals surface area contributed by atoms with Gasteiger partial charge < -0.3 is 24.3 Å². The van der Waals surface area contributed by atoms with E-state index in [9.17, 15) is 9.59 Å². The van der Waals surface area contributed by atoms with Crippen molar-refractivity contribution in [3.63, 3.8) is 0 Å². The maximum Gasteiger partial charge on any atom is 0.258 e. The van der Waals surface area contributed by atoms with Crippen LogP contribution in [0.3, 0.4) is 0 Å². The Morgan fingerprint density at radius 2 is 1.66 bits per heavy atom. The van der Waals surface area contributed by atoms with Gasteiger partial charge in [0.05, 0.1) is 38.8 Å². The summed E-state index contributed by atoms with van der Waals surface area (Å²) in [4.78, 5) is 24.8. The Kier molecular flexibility index (Phi) is 9.27. The minimum atomic E-state index is -1.37. The summed E-state index contributed by atoms with van der Waals surface area (Å²) in [6.45, 7) is 5.88. The lowest BCUT2D eigenvalue weighted by Gasteiger charge is -2.15. The summed E-state index contributed by atoms with van der Waals surface area (Å²) in [5.41, 5.74) is 0.649. The molecule has 2 aromatic rings. The molecule has 0 bridgehead atoms. The smallest absolute Gasteiger partial charge is 0.258 e. The van der Waals surface area contributed by atoms with Crippen LogP contribution in [0.15, 0.2) is 40.6 Å². The number of nitrogens with zero attached hydrogens (tertiary/aromatic N) is 2. The molecule has 0 spiro atoms. The third kappa shape index (κ3) is 6.10. The largest absolute Gasteiger partial charge is 0.493 e. The Labute approximate surface area is 191 Å². The lowest BCUT2D eigenvalue weighted by molar-refractivity contribution is -0.126. The van der Waals surface area contributed by atoms with E-state index in [4.69, 9.17) is 30.5 Å². The van der Waals surface area contributed by atoms with Gasteiger partial charge in [0.2, 0.25) is 6.04 Å². The minimum Gasteiger partial charge on any atom is -0.493 e. The van der Waals surface area contributed by atoms with Gasteiger partial charge in [0.25, 0.3) is 5.91 Å². The molecule has 0 aliphatic carbocycles. The van der Waals surface area contributed by atoms with Crippen LogP contribution in [0.25, 0.3) is 0 Å². The highest BCUT2D eigenvalue weighted by atomic mass is 35.5. The molecular weight excluding hydrogens is 438 g/mol. The lowest BCUT2D eigenvalue weighted by Crippen LogP contribution is -2.31. The number of ketones is 1. The van der Waals surface area contributed by atoms with Crippen molar-refractivity contribution in [1.29, 1.82) is 0 Å². The first kappa shape index (κ1) is 24.9. The molecule has 2 aromatic carbocycles. The SMILES string of the molecule is CCOc1ccc(N=NC(C(C)=O)C(=O)Nc2ccc(OC)c(OC)c2Cl)cc1OCC. The summed E-state index contributed by atoms with van der Waals surface area (Å²) < 4.78 is 21.5. The highest BCUT2D eigenvalue weighted by Crippen LogP contribution is 2.40. The second-order valence-electron chi connectivity index (χ2n) is 6.38. The molecule has 0 saturated carbocycles. The van der Waals surface area contributed by atoms with Crippen LogP contribution >= 0.6 is 11.6 Å². The first-order valence-corrected chi connectivity index (χ1v) is 10.3. The van der Waals surface area contributed by atoms with Crippen molar-refractivity contribution < 1.29 is 28.5 Å². The summed E-state index contributed by atoms with van der Waals surface area (Å²) >= 11 is 6.30. The Bertz CT molecular complexity index is 996. The normalized spacial score (nSPS) is 11.7. The van der Waals surface area contributed by atoms with Crippen LogP contribution in [0, 0.1) is 0 Å². The molecule has 0 aliphatic rings. The molecule has 1 unspecified atom stereocenters. The predicted molar refractivity (Wildman–Crippen MR) is 121 cm³/mol. The van der Waals surface area contributed by atoms with Crippen molar-refractivity contribution in [2.75, 3.05) is 32.8 Å². The van der Waals surface area contributed by atoms with E-state index in [-0.39, 0.29) is 16.5 Å². The number of benzene rings is 2. The van der Waals surface area contributed by atoms with Crippen LogP contribution in [0.5, 0.6) is 23.0 Å². The lowest BCUT2D eigenvalue weighted by atomic mass is 10.2. The predicted octanol–water partition coefficient (Wildman–Crippen LogP) is 4.83. The fourth-order valence-corrected chi connectivity index (χ4v) is 3.01. The third-order valence-corrected chi connectivity index (χ3v) is 4.57. The number of nitrogens with one attached hydrogen (secondary N) is 1. The molecule has 1 atom stereocenters. The van der Waals surface area contributed by atoms with Gasteiger partial charge in [-0.1, -0.05) is 11.6 Å². The standard InChI is InChI=1S/C22H26ClN3O6/c1-6-31-16-10-8-14(12-18(16)32-7-2)25-26-20(13(3)27)22(28)24-15-9-11-17(29-4)21(30-5)19(15)23/h8-12,20H,6-7H2,1-5H3,(H,24,28). The average Bonchev–Trinajstić information content (AvgIpc) is 2.76. The number of carbonyl (C=O) groups excluding carboxylic acids is 2. The number of Topliss-reactive ketones (excluding diaryl/α,β-unsaturated/α-hetero) is 1. The molecular formula is C22H26ClN3O6. The Hall–Kier alpha value is -3.33. The van der Waals surface area contributed by atoms with Gasteiger partial charge in [0.1, 0.15) is 5.02 Å². The van der Waals surface area contributed by atoms with E-state index in [1.807, 2.05) is 13.8 Å². The molecule has 2 rings (SSSR count). The molecule has 0 radical (unpaired) electrons. The van der Waals surface area contributed by atoms with Crippen molar-refractivity contribution in [2.24, 2.45) is 10.2 Å². The monoisotopic (exact) mass is 463 g/mol. The molecule has 0 heterocycles. The van der Waals surface area contributed by atoms with Crippen LogP contribution in [-0.2, 0) is 9.59 Å². The van der Waals surface area contributed by atoms with Gasteiger partial charge in [0.15, 0.2) is 28.8 Å². The van der Waals surface area contributed by atoms with Gasteiger partial charge in [-0.25, -0.2) is 0 Å². The number of methoxy groups -OCH3 is 2. The van der Waals surface area contributed by atoms with E-state index in [0.29, 0.717) is 36.1 Å². The Morgan fingerprint density at radius 1 is 1.00 bits per heavy atom. The summed E-state index contributed by atoms with van der Waals surface area (Å²) in [5.74, 6) is 0.541. The van der Waals surface area contributed by atoms with Crippen LogP contribution in [-0.4, -0.2) is 45.2 Å². The second-order valence-corrected chi connectivity index (χ2v) is 6.76. The van der Waals surface area contributed by atoms with Crippen LogP contribution < -0.4 is 24.3 Å². The van der Waals surface area contributed by atoms with E-state index < -0.39 is 17.7 Å². The van der Waals surface area contributed by atoms with Crippen molar-refractivity contribution in [3.05, 3.63) is 35.4 Å². The first-order chi connectivity index (χ1) is 15.4. The number of ether oxygens (including phenoxy) is 4. The summed E-state index contributed by atoms with van der Waals surface area (Å²) in [6.07, 6.45) is 0. The number of carbonyl (C=O) groups is 2. The molecule has 0 aliphatic heterocycles. The molecule has 0 saturated heterocycles. The quantitative estimate of drug-likeness (QED) is 0.377. The van der Waals surface area contributed by atoms with Crippen LogP contribution in [0.2, 0.25) is 5.02 Å². The van der Waals surface area contributed by atoms with E-state index in [0.717, 1.165) is 0 Å². The van der Waals surface area contributed by atoms with Gasteiger partial charge in [-0.15, -0.1) is 0 Å². The minimum absolute atomic E-state index is 0.132. The molecule has 9 nitrogen and oxygen atoms in total. The van der Waals surface area contributed by atoms with Gasteiger partial charge >= 0.3 is 0 Å². The molecule has 0 aromatic heterocycles. The Morgan fingerprint density at radius 3 is 2.25 bits per heavy atom. The molecule has 10 heteroatoms. The summed E-state index contributed by atoms with van der Waals surface area (Å²) in [5, 5.41) is 10.7. The highest BCUT2D eigenvalue weighted by Gasteiger charge is 2.25. The third-order valence-electron chi connectivity index (χ3n) is 4.19. The summed E-state index contributed by atoms with van der Waals surface area (Å²) in [7, 11) is 2.89. The highest BCUT2D eigenvalue weighted by molar-refractivity contribution is 6.35. The van der Waals surface area contributed by atoms with Crippen molar-refractivity contribution >= 4 is 34.7 Å². The zero-order chi connectivity index (χ0) is 23.7. The number of anilines is 1. The summed E-state index contributed by atoms with van der Waals surface area (Å²) in [6, 6.07) is 6.71. The fraction of sp³-hybridized carbons (Fsp3) is 0.364. The van der Waals surface area contributed by atoms with Gasteiger partial charge in [-0.2, -0.15) is 10.2 Å². The zero-order valence-electron chi connectivity index (χ0n) is 18.6. The second kappa shape index (κ2) is 11.9. The van der Waals surface area contributed by atoms with Gasteiger partial charge in [-0.3, -0.25) is 9.59 Å². The average molecular weight is 464 g/mol. The van der Waals surface area contributed by atoms with Gasteiger partial charge in [0, 0.05) is 6.07 Å². The van der Waals surface area contributed by atoms with E-state index in [1.54, 1.807) is 24.3 Å². The van der Waals surface area contributed by atoms with Crippen LogP contribution in [0.4, 0.5) is 11.4 Å².